The van der Waals surface area contributed by atoms with E-state index in [2.05, 4.69) is 0 Å². The quantitative estimate of drug-likeness (QED) is 0.0324. The van der Waals surface area contributed by atoms with Crippen LogP contribution in [-0.2, 0) is 66.5 Å². The number of aliphatic hydroxyl groups excluding tert-OH is 17. The molecule has 8 fully saturated rings. The number of ether oxygens (including phenoxy) is 11. The molecule has 5 heterocycles. The van der Waals surface area contributed by atoms with Crippen LogP contribution in [-0.4, -0.2) is 314 Å². The summed E-state index contributed by atoms with van der Waals surface area (Å²) in [5.41, 5.74) is 0. The van der Waals surface area contributed by atoms with Gasteiger partial charge in [-0.3, -0.25) is 9.59 Å². The summed E-state index contributed by atoms with van der Waals surface area (Å²) in [6.45, 7) is -3.00. The molecule has 32 heteroatoms. The predicted octanol–water partition coefficient (Wildman–Crippen LogP) is -8.89. The molecule has 18 N–H and O–H groups in total. The molecule has 32 nitrogen and oxygen atoms in total. The van der Waals surface area contributed by atoms with Crippen LogP contribution in [0, 0.1) is 17.8 Å². The first-order valence-corrected chi connectivity index (χ1v) is 27.9. The van der Waals surface area contributed by atoms with Gasteiger partial charge >= 0.3 is 17.9 Å². The van der Waals surface area contributed by atoms with Gasteiger partial charge in [0.25, 0.3) is 0 Å². The molecule has 0 amide bonds. The topological polar surface area (TPSA) is 517 Å². The number of hydrogen-bond donors (Lipinski definition) is 18. The number of carbonyl (C=O) groups is 3. The van der Waals surface area contributed by atoms with Gasteiger partial charge in [-0.1, -0.05) is 6.08 Å². The van der Waals surface area contributed by atoms with E-state index in [1.807, 2.05) is 0 Å². The average Bonchev–Trinajstić information content (AvgIpc) is 3.64. The Labute approximate surface area is 473 Å². The van der Waals surface area contributed by atoms with Crippen molar-refractivity contribution >= 4 is 17.9 Å². The van der Waals surface area contributed by atoms with Gasteiger partial charge < -0.3 is 144 Å². The number of aliphatic hydroxyl groups is 17. The number of carboxylic acids is 1. The summed E-state index contributed by atoms with van der Waals surface area (Å²) in [6, 6.07) is 0. The molecule has 0 spiro atoms. The van der Waals surface area contributed by atoms with E-state index in [4.69, 9.17) is 57.2 Å². The van der Waals surface area contributed by atoms with Crippen molar-refractivity contribution in [3.8, 4) is 0 Å². The van der Waals surface area contributed by atoms with Gasteiger partial charge in [0.2, 0.25) is 0 Å². The Bertz CT molecular complexity index is 2120. The summed E-state index contributed by atoms with van der Waals surface area (Å²) < 4.78 is 64.2. The molecule has 0 aromatic heterocycles. The van der Waals surface area contributed by atoms with Crippen LogP contribution >= 0.6 is 0 Å². The summed E-state index contributed by atoms with van der Waals surface area (Å²) in [5, 5.41) is 192. The number of carboxylic acid groups (broad SMARTS) is 1. The number of hydrogen-bond acceptors (Lipinski definition) is 31. The Morgan fingerprint density at radius 3 is 1.39 bits per heavy atom. The van der Waals surface area contributed by atoms with Crippen LogP contribution in [0.1, 0.15) is 64.2 Å². The number of rotatable bonds is 19. The lowest BCUT2D eigenvalue weighted by Crippen LogP contribution is -2.64. The number of aliphatic carboxylic acids is 1. The minimum Gasteiger partial charge on any atom is -0.481 e. The van der Waals surface area contributed by atoms with Crippen molar-refractivity contribution in [2.24, 2.45) is 17.8 Å². The van der Waals surface area contributed by atoms with Gasteiger partial charge in [-0.15, -0.1) is 0 Å². The fourth-order valence-electron chi connectivity index (χ4n) is 12.3. The lowest BCUT2D eigenvalue weighted by Gasteiger charge is -2.52. The number of carbonyl (C=O) groups excluding carboxylic acids is 2. The van der Waals surface area contributed by atoms with Gasteiger partial charge in [-0.2, -0.15) is 0 Å². The van der Waals surface area contributed by atoms with E-state index in [0.29, 0.717) is 25.7 Å². The largest absolute Gasteiger partial charge is 0.481 e. The Balaban J connectivity index is 0.970. The first kappa shape index (κ1) is 66.1. The highest BCUT2D eigenvalue weighted by Gasteiger charge is 2.56. The van der Waals surface area contributed by atoms with Crippen molar-refractivity contribution in [2.45, 2.75) is 242 Å². The third-order valence-corrected chi connectivity index (χ3v) is 17.1. The zero-order chi connectivity index (χ0) is 60.3. The zero-order valence-electron chi connectivity index (χ0n) is 44.8. The molecule has 8 aliphatic rings. The van der Waals surface area contributed by atoms with Crippen LogP contribution < -0.4 is 0 Å². The first-order chi connectivity index (χ1) is 39.4. The molecular formula is C51H80O32. The van der Waals surface area contributed by atoms with E-state index in [-0.39, 0.29) is 38.0 Å². The van der Waals surface area contributed by atoms with Gasteiger partial charge in [0.15, 0.2) is 25.2 Å². The maximum atomic E-state index is 13.0. The second kappa shape index (κ2) is 29.0. The van der Waals surface area contributed by atoms with Crippen LogP contribution in [0.4, 0.5) is 0 Å². The molecule has 476 valence electrons. The third kappa shape index (κ3) is 15.5. The van der Waals surface area contributed by atoms with E-state index in [9.17, 15) is 101 Å². The van der Waals surface area contributed by atoms with Crippen LogP contribution in [0.5, 0.6) is 0 Å². The molecule has 3 aliphatic carbocycles. The first-order valence-electron chi connectivity index (χ1n) is 27.9. The van der Waals surface area contributed by atoms with Crippen LogP contribution in [0.3, 0.4) is 0 Å². The number of esters is 2. The third-order valence-electron chi connectivity index (χ3n) is 17.1. The van der Waals surface area contributed by atoms with E-state index in [1.165, 1.54) is 0 Å². The van der Waals surface area contributed by atoms with Gasteiger partial charge in [0, 0.05) is 12.0 Å². The molecule has 5 saturated heterocycles. The number of allylic oxidation sites excluding steroid dienone is 1. The Morgan fingerprint density at radius 1 is 0.458 bits per heavy atom. The normalized spacial score (nSPS) is 48.9. The highest BCUT2D eigenvalue weighted by molar-refractivity contribution is 5.90. The van der Waals surface area contributed by atoms with Crippen molar-refractivity contribution in [1.29, 1.82) is 0 Å². The summed E-state index contributed by atoms with van der Waals surface area (Å²) in [7, 11) is 0. The summed E-state index contributed by atoms with van der Waals surface area (Å²) in [4.78, 5) is 36.2. The molecule has 5 aliphatic heterocycles. The second-order valence-corrected chi connectivity index (χ2v) is 22.8. The predicted molar refractivity (Wildman–Crippen MR) is 262 cm³/mol. The van der Waals surface area contributed by atoms with Crippen molar-refractivity contribution in [3.63, 3.8) is 0 Å². The van der Waals surface area contributed by atoms with Gasteiger partial charge in [-0.05, 0) is 69.6 Å². The molecule has 0 bridgehead atoms. The molecule has 0 aromatic carbocycles. The van der Waals surface area contributed by atoms with E-state index in [0.717, 1.165) is 6.08 Å². The molecular weight excluding hydrogens is 1120 g/mol. The van der Waals surface area contributed by atoms with E-state index in [1.54, 1.807) is 6.08 Å². The van der Waals surface area contributed by atoms with Crippen LogP contribution in [0.2, 0.25) is 0 Å². The summed E-state index contributed by atoms with van der Waals surface area (Å²) in [5.74, 6) is -5.54. The SMILES string of the molecule is O=C(O)CC(=O)OC[C@H]1O[C@@H](OC2CC3C(O)CC(O)CC3OC2C2CC(O[C@@H]3O[C@H](CO)[C@@H](O)[C@H](O)[C@H]3O)C(O)C(O[C@@H]3O[C@H](COC(=O)C=CC4CCC(O[C@@H]5O[C@H](CO)[C@@H](O)[C@H](O)[C@H]5O)CC4)[C@@H](O)[C@H](O)[C@H]3O)C2)[C@H](O)[C@@H](O)[C@@H]1O. The van der Waals surface area contributed by atoms with Crippen LogP contribution in [0.25, 0.3) is 0 Å². The Morgan fingerprint density at radius 2 is 0.904 bits per heavy atom. The van der Waals surface area contributed by atoms with Gasteiger partial charge in [0.1, 0.15) is 123 Å². The second-order valence-electron chi connectivity index (χ2n) is 22.8. The maximum Gasteiger partial charge on any atom is 0.330 e. The molecule has 83 heavy (non-hydrogen) atoms. The van der Waals surface area contributed by atoms with Crippen LogP contribution in [0.15, 0.2) is 12.2 Å². The monoisotopic (exact) mass is 1200 g/mol. The minimum absolute atomic E-state index is 0.0000787. The standard InChI is InChI=1S/C51H80O32/c52-13-27-35(61)39(65)43(69)48(80-27)75-20-4-1-17(2-5-20)3-6-32(58)73-15-29-37(63)41(67)45(71)50(82-29)78-25-8-18(7-24(34(25)60)77-49-44(70)40(66)36(62)28(14-53)81-49)47-26(11-21-22(55)9-19(54)10-23(21)76-47)79-51-46(72)42(68)38(64)30(83-51)16-74-33(59)12-31(56)57/h3,6,17-30,34-55,60-72H,1-2,4-5,7-16H2,(H,56,57)/t17?,18?,19?,20?,21?,22?,23?,24?,25?,26?,27-,28-,29-,30-,34?,35-,36-,37-,38-,39+,40+,41+,42+,43-,44-,45-,46-,47?,48-,49-,50-,51-/m1/s1. The van der Waals surface area contributed by atoms with Crippen molar-refractivity contribution < 1.29 is 158 Å². The fourth-order valence-corrected chi connectivity index (χ4v) is 12.3. The van der Waals surface area contributed by atoms with E-state index >= 15 is 0 Å². The van der Waals surface area contributed by atoms with Gasteiger partial charge in [-0.25, -0.2) is 4.79 Å². The van der Waals surface area contributed by atoms with Crippen molar-refractivity contribution in [2.75, 3.05) is 26.4 Å². The smallest absolute Gasteiger partial charge is 0.330 e. The molecule has 30 atom stereocenters. The lowest BCUT2D eigenvalue weighted by atomic mass is 9.72. The highest BCUT2D eigenvalue weighted by atomic mass is 16.7. The Hall–Kier alpha value is -2.89. The number of fused-ring (bicyclic) bond motifs is 1. The molecule has 10 unspecified atom stereocenters. The molecule has 0 aromatic rings. The zero-order valence-corrected chi connectivity index (χ0v) is 44.8. The molecule has 0 radical (unpaired) electrons. The fraction of sp³-hybridized carbons (Fsp3) is 0.902. The summed E-state index contributed by atoms with van der Waals surface area (Å²) in [6.07, 6.45) is -43.3. The molecule has 3 saturated carbocycles. The van der Waals surface area contributed by atoms with Crippen molar-refractivity contribution in [3.05, 3.63) is 12.2 Å². The maximum absolute atomic E-state index is 13.0. The van der Waals surface area contributed by atoms with E-state index < -0.39 is 240 Å². The Kier molecular flexibility index (Phi) is 23.0. The summed E-state index contributed by atoms with van der Waals surface area (Å²) >= 11 is 0. The van der Waals surface area contributed by atoms with Crippen molar-refractivity contribution in [1.82, 2.24) is 0 Å². The minimum atomic E-state index is -2.05. The highest BCUT2D eigenvalue weighted by Crippen LogP contribution is 2.45. The molecule has 8 rings (SSSR count). The van der Waals surface area contributed by atoms with Gasteiger partial charge in [0.05, 0.1) is 62.0 Å². The lowest BCUT2D eigenvalue weighted by molar-refractivity contribution is -0.349. The average molecular weight is 1210 g/mol.